The predicted molar refractivity (Wildman–Crippen MR) is 159 cm³/mol. The van der Waals surface area contributed by atoms with Gasteiger partial charge in [-0.05, 0) is 0 Å². The average Bonchev–Trinajstić information content (AvgIpc) is 3.03. The molecule has 1 saturated heterocycles. The van der Waals surface area contributed by atoms with Gasteiger partial charge in [0.2, 0.25) is 0 Å². The van der Waals surface area contributed by atoms with Crippen molar-refractivity contribution in [1.82, 2.24) is 3.82 Å². The molecule has 192 valence electrons. The zero-order chi connectivity index (χ0) is 25.8. The Hall–Kier alpha value is -2.51. The molecule has 3 aromatic carbocycles. The van der Waals surface area contributed by atoms with Crippen LogP contribution in [0.5, 0.6) is 0 Å². The zero-order valence-corrected chi connectivity index (χ0v) is 25.3. The fourth-order valence-electron chi connectivity index (χ4n) is 7.30. The molecule has 3 nitrogen and oxygen atoms in total. The van der Waals surface area contributed by atoms with Crippen LogP contribution in [0.25, 0.3) is 22.3 Å². The molecule has 0 amide bonds. The van der Waals surface area contributed by atoms with Crippen LogP contribution in [0.15, 0.2) is 42.5 Å². The molecule has 0 bridgehead atoms. The molecule has 37 heavy (non-hydrogen) atoms. The Morgan fingerprint density at radius 2 is 1.30 bits per heavy atom. The van der Waals surface area contributed by atoms with Gasteiger partial charge in [-0.1, -0.05) is 0 Å². The Balaban J connectivity index is 1.54. The van der Waals surface area contributed by atoms with E-state index in [4.69, 9.17) is 0 Å². The molecule has 2 atom stereocenters. The van der Waals surface area contributed by atoms with Gasteiger partial charge in [-0.15, -0.1) is 0 Å². The molecule has 3 aliphatic heterocycles. The van der Waals surface area contributed by atoms with E-state index < -0.39 is 15.1 Å². The van der Waals surface area contributed by atoms with Crippen LogP contribution in [0.2, 0.25) is 4.71 Å². The number of amidine groups is 1. The van der Waals surface area contributed by atoms with Crippen LogP contribution >= 0.6 is 0 Å². The monoisotopic (exact) mass is 554 g/mol. The van der Waals surface area contributed by atoms with Crippen LogP contribution in [-0.4, -0.2) is 49.0 Å². The van der Waals surface area contributed by atoms with Gasteiger partial charge in [0.15, 0.2) is 0 Å². The van der Waals surface area contributed by atoms with Gasteiger partial charge in [-0.25, -0.2) is 0 Å². The van der Waals surface area contributed by atoms with Crippen molar-refractivity contribution in [3.8, 4) is 22.3 Å². The predicted octanol–water partition coefficient (Wildman–Crippen LogP) is 7.46. The topological polar surface area (TPSA) is 18.3 Å². The number of hydrogen-bond donors (Lipinski definition) is 1. The third-order valence-electron chi connectivity index (χ3n) is 8.58. The summed E-state index contributed by atoms with van der Waals surface area (Å²) in [6, 6.07) is 16.4. The van der Waals surface area contributed by atoms with Crippen LogP contribution in [0, 0.1) is 41.5 Å². The van der Waals surface area contributed by atoms with Gasteiger partial charge in [0.25, 0.3) is 0 Å². The molecular weight excluding hydrogens is 513 g/mol. The van der Waals surface area contributed by atoms with Gasteiger partial charge in [-0.3, -0.25) is 0 Å². The van der Waals surface area contributed by atoms with Crippen LogP contribution in [-0.2, 0) is 0 Å². The first-order chi connectivity index (χ1) is 17.8. The second kappa shape index (κ2) is 9.66. The number of para-hydroxylation sites is 1. The Labute approximate surface area is 228 Å². The third-order valence-corrected chi connectivity index (χ3v) is 13.7. The quantitative estimate of drug-likeness (QED) is 0.267. The molecule has 6 rings (SSSR count). The minimum atomic E-state index is -1.47. The van der Waals surface area contributed by atoms with Crippen molar-refractivity contribution in [3.05, 3.63) is 75.8 Å². The van der Waals surface area contributed by atoms with Crippen LogP contribution in [0.3, 0.4) is 0 Å². The van der Waals surface area contributed by atoms with E-state index in [1.807, 2.05) is 0 Å². The molecule has 0 spiro atoms. The molecule has 4 heteroatoms. The van der Waals surface area contributed by atoms with Crippen LogP contribution in [0.1, 0.15) is 59.1 Å². The normalized spacial score (nSPS) is 20.9. The summed E-state index contributed by atoms with van der Waals surface area (Å²) in [6.45, 7) is 17.3. The summed E-state index contributed by atoms with van der Waals surface area (Å²) in [5.41, 5.74) is 15.1. The molecule has 0 aromatic heterocycles. The van der Waals surface area contributed by atoms with E-state index in [1.54, 1.807) is 5.84 Å². The summed E-state index contributed by atoms with van der Waals surface area (Å²) in [4.78, 5) is 0. The summed E-state index contributed by atoms with van der Waals surface area (Å²) < 4.78 is 10.7. The molecule has 3 aromatic rings. The van der Waals surface area contributed by atoms with E-state index in [0.29, 0.717) is 0 Å². The Kier molecular flexibility index (Phi) is 6.48. The second-order valence-electron chi connectivity index (χ2n) is 11.6. The Morgan fingerprint density at radius 1 is 0.757 bits per heavy atom. The molecule has 0 aliphatic carbocycles. The minimum absolute atomic E-state index is 0.761. The van der Waals surface area contributed by atoms with E-state index in [9.17, 15) is 0 Å². The van der Waals surface area contributed by atoms with Gasteiger partial charge in [0.1, 0.15) is 0 Å². The molecule has 3 aliphatic rings. The summed E-state index contributed by atoms with van der Waals surface area (Å²) in [6.07, 6.45) is 5.37. The maximum atomic E-state index is 4.36. The number of rotatable bonds is 4. The van der Waals surface area contributed by atoms with Gasteiger partial charge >= 0.3 is 229 Å². The van der Waals surface area contributed by atoms with Crippen LogP contribution in [0.4, 0.5) is 5.69 Å². The zero-order valence-electron chi connectivity index (χ0n) is 23.4. The summed E-state index contributed by atoms with van der Waals surface area (Å²) >= 11 is -1.47. The first kappa shape index (κ1) is 24.8. The summed E-state index contributed by atoms with van der Waals surface area (Å²) in [7, 11) is 0. The molecular formula is C33H41AsN3+. The number of nitrogens with one attached hydrogen (secondary N) is 1. The fourth-order valence-corrected chi connectivity index (χ4v) is 13.0. The van der Waals surface area contributed by atoms with E-state index in [-0.39, 0.29) is 0 Å². The molecule has 3 heterocycles. The fraction of sp³-hybridized carbons (Fsp3) is 0.424. The molecule has 2 unspecified atom stereocenters. The number of aryl methyl sites for hydroxylation is 6. The number of hydrogen-bond acceptors (Lipinski definition) is 2. The third kappa shape index (κ3) is 4.24. The van der Waals surface area contributed by atoms with E-state index >= 15 is 0 Å². The Bertz CT molecular complexity index is 1300. The van der Waals surface area contributed by atoms with Crippen molar-refractivity contribution < 1.29 is 4.58 Å². The molecule has 0 radical (unpaired) electrons. The Morgan fingerprint density at radius 3 is 1.86 bits per heavy atom. The maximum absolute atomic E-state index is 4.36. The van der Waals surface area contributed by atoms with Crippen molar-refractivity contribution in [2.75, 3.05) is 23.9 Å². The average molecular weight is 555 g/mol. The standard InChI is InChI=1S/C33H41AsN3/c1-21-17-23(3)30(24(4)18-21)27-11-9-12-28(31-25(5)19-22(2)20-26(31)6)32(27)35-34-29-13-7-8-14-36-15-10-16-37(34)33(29)36/h9,11-12,17-20,29,35H,7-8,10,13-16H2,1-6H3/q+1. The van der Waals surface area contributed by atoms with Crippen molar-refractivity contribution in [2.24, 2.45) is 0 Å². The van der Waals surface area contributed by atoms with Crippen molar-refractivity contribution in [3.63, 3.8) is 0 Å². The van der Waals surface area contributed by atoms with Crippen molar-refractivity contribution in [1.29, 1.82) is 0 Å². The number of anilines is 1. The van der Waals surface area contributed by atoms with Crippen LogP contribution < -0.4 is 4.23 Å². The van der Waals surface area contributed by atoms with Gasteiger partial charge < -0.3 is 0 Å². The second-order valence-corrected chi connectivity index (χ2v) is 15.8. The molecule has 1 N–H and O–H groups in total. The first-order valence-corrected chi connectivity index (χ1v) is 16.9. The van der Waals surface area contributed by atoms with Gasteiger partial charge in [0.05, 0.1) is 0 Å². The van der Waals surface area contributed by atoms with Gasteiger partial charge in [0, 0.05) is 0 Å². The number of nitrogens with zero attached hydrogens (tertiary/aromatic N) is 2. The summed E-state index contributed by atoms with van der Waals surface area (Å²) in [5.74, 6) is 1.68. The number of benzene rings is 3. The summed E-state index contributed by atoms with van der Waals surface area (Å²) in [5, 5.41) is 0. The molecule has 1 fully saturated rings. The van der Waals surface area contributed by atoms with Gasteiger partial charge in [-0.2, -0.15) is 0 Å². The first-order valence-electron chi connectivity index (χ1n) is 14.1. The SMILES string of the molecule is Cc1cc(C)c(-c2cccc(-c3c(C)cc(C)cc3C)c2N[As]2C3CCCC[N+]4=C3N2CCC4)c(C)c1. The molecule has 0 saturated carbocycles. The van der Waals surface area contributed by atoms with E-state index in [2.05, 4.69) is 96.6 Å². The van der Waals surface area contributed by atoms with Crippen molar-refractivity contribution >= 4 is 26.6 Å². The van der Waals surface area contributed by atoms with Crippen molar-refractivity contribution in [2.45, 2.75) is 71.9 Å². The van der Waals surface area contributed by atoms with E-state index in [1.165, 1.54) is 107 Å². The van der Waals surface area contributed by atoms with E-state index in [0.717, 1.165) is 4.71 Å².